The summed E-state index contributed by atoms with van der Waals surface area (Å²) in [4.78, 5) is 7.17. The first-order valence-electron chi connectivity index (χ1n) is 7.80. The number of nitrogens with zero attached hydrogens (tertiary/aromatic N) is 5. The largest absolute Gasteiger partial charge is 0.396 e. The van der Waals surface area contributed by atoms with Crippen molar-refractivity contribution in [2.24, 2.45) is 11.8 Å². The Hall–Kier alpha value is -1.24. The molecule has 0 aliphatic carbocycles. The highest BCUT2D eigenvalue weighted by Crippen LogP contribution is 2.27. The van der Waals surface area contributed by atoms with Crippen LogP contribution in [-0.2, 0) is 0 Å². The molecule has 0 spiro atoms. The molecule has 0 radical (unpaired) electrons. The Labute approximate surface area is 126 Å². The van der Waals surface area contributed by atoms with E-state index in [1.54, 1.807) is 6.20 Å². The molecular weight excluding hydrogens is 266 g/mol. The molecule has 3 heterocycles. The zero-order valence-electron chi connectivity index (χ0n) is 12.7. The lowest BCUT2D eigenvalue weighted by Crippen LogP contribution is -2.47. The molecule has 1 N–H and O–H groups in total. The van der Waals surface area contributed by atoms with Crippen molar-refractivity contribution in [2.45, 2.75) is 0 Å². The van der Waals surface area contributed by atoms with Crippen molar-refractivity contribution in [3.05, 3.63) is 18.3 Å². The number of aliphatic hydroxyl groups excluding tert-OH is 1. The Kier molecular flexibility index (Phi) is 4.67. The van der Waals surface area contributed by atoms with Crippen LogP contribution in [0.1, 0.15) is 0 Å². The second-order valence-corrected chi connectivity index (χ2v) is 6.29. The van der Waals surface area contributed by atoms with Crippen molar-refractivity contribution < 1.29 is 5.11 Å². The van der Waals surface area contributed by atoms with Crippen LogP contribution in [0.5, 0.6) is 0 Å². The monoisotopic (exact) mass is 291 g/mol. The van der Waals surface area contributed by atoms with Crippen LogP contribution in [0.15, 0.2) is 18.3 Å². The second-order valence-electron chi connectivity index (χ2n) is 6.29. The van der Waals surface area contributed by atoms with Crippen LogP contribution in [-0.4, -0.2) is 84.6 Å². The van der Waals surface area contributed by atoms with E-state index in [4.69, 9.17) is 0 Å². The van der Waals surface area contributed by atoms with Gasteiger partial charge in [-0.3, -0.25) is 0 Å². The van der Waals surface area contributed by atoms with Crippen LogP contribution in [0.4, 0.5) is 5.82 Å². The van der Waals surface area contributed by atoms with Crippen LogP contribution < -0.4 is 4.90 Å². The fraction of sp³-hybridized carbons (Fsp3) is 0.733. The van der Waals surface area contributed by atoms with E-state index < -0.39 is 0 Å². The van der Waals surface area contributed by atoms with Crippen molar-refractivity contribution in [1.82, 2.24) is 20.0 Å². The van der Waals surface area contributed by atoms with Gasteiger partial charge in [0.05, 0.1) is 0 Å². The zero-order valence-corrected chi connectivity index (χ0v) is 12.7. The number of aromatic nitrogens is 2. The third-order valence-electron chi connectivity index (χ3n) is 4.78. The molecule has 3 rings (SSSR count). The zero-order chi connectivity index (χ0) is 14.7. The lowest BCUT2D eigenvalue weighted by Gasteiger charge is -2.34. The molecule has 0 bridgehead atoms. The van der Waals surface area contributed by atoms with E-state index >= 15 is 0 Å². The molecule has 116 valence electrons. The van der Waals surface area contributed by atoms with Gasteiger partial charge in [0, 0.05) is 64.5 Å². The first kappa shape index (κ1) is 14.7. The van der Waals surface area contributed by atoms with Crippen molar-refractivity contribution in [1.29, 1.82) is 0 Å². The number of likely N-dealkylation sites (N-methyl/N-ethyl adjacent to an activating group) is 1. The highest BCUT2D eigenvalue weighted by molar-refractivity contribution is 5.38. The van der Waals surface area contributed by atoms with Gasteiger partial charge < -0.3 is 19.8 Å². The SMILES string of the molecule is CN1CCN(C[C@@H]2CN(c3cccnn3)C[C@@H]2CO)CC1. The molecule has 0 unspecified atom stereocenters. The highest BCUT2D eigenvalue weighted by Gasteiger charge is 2.34. The van der Waals surface area contributed by atoms with E-state index in [1.165, 1.54) is 0 Å². The smallest absolute Gasteiger partial charge is 0.151 e. The number of hydrogen-bond acceptors (Lipinski definition) is 6. The second kappa shape index (κ2) is 6.68. The minimum absolute atomic E-state index is 0.259. The first-order valence-corrected chi connectivity index (χ1v) is 7.80. The molecule has 6 heteroatoms. The Morgan fingerprint density at radius 1 is 1.19 bits per heavy atom. The quantitative estimate of drug-likeness (QED) is 0.827. The van der Waals surface area contributed by atoms with E-state index in [0.717, 1.165) is 51.6 Å². The molecule has 0 saturated carbocycles. The topological polar surface area (TPSA) is 55.7 Å². The highest BCUT2D eigenvalue weighted by atomic mass is 16.3. The fourth-order valence-electron chi connectivity index (χ4n) is 3.36. The minimum Gasteiger partial charge on any atom is -0.396 e. The summed E-state index contributed by atoms with van der Waals surface area (Å²) in [5, 5.41) is 17.8. The average Bonchev–Trinajstić information content (AvgIpc) is 2.93. The van der Waals surface area contributed by atoms with Crippen LogP contribution in [0.2, 0.25) is 0 Å². The van der Waals surface area contributed by atoms with Gasteiger partial charge in [-0.2, -0.15) is 5.10 Å². The number of hydrogen-bond donors (Lipinski definition) is 1. The summed E-state index contributed by atoms with van der Waals surface area (Å²) in [5.41, 5.74) is 0. The molecule has 1 aromatic rings. The van der Waals surface area contributed by atoms with Gasteiger partial charge in [-0.15, -0.1) is 5.10 Å². The molecule has 0 amide bonds. The van der Waals surface area contributed by atoms with Crippen molar-refractivity contribution in [3.63, 3.8) is 0 Å². The third kappa shape index (κ3) is 3.51. The van der Waals surface area contributed by atoms with E-state index in [1.807, 2.05) is 12.1 Å². The van der Waals surface area contributed by atoms with Gasteiger partial charge in [0.2, 0.25) is 0 Å². The predicted octanol–water partition coefficient (Wildman–Crippen LogP) is -0.231. The molecule has 2 atom stereocenters. The lowest BCUT2D eigenvalue weighted by atomic mass is 9.96. The summed E-state index contributed by atoms with van der Waals surface area (Å²) in [6, 6.07) is 3.92. The summed E-state index contributed by atoms with van der Waals surface area (Å²) in [5.74, 6) is 1.78. The molecule has 21 heavy (non-hydrogen) atoms. The van der Waals surface area contributed by atoms with Gasteiger partial charge in [-0.05, 0) is 25.1 Å². The molecular formula is C15H25N5O. The molecule has 2 aliphatic rings. The van der Waals surface area contributed by atoms with Gasteiger partial charge in [-0.1, -0.05) is 0 Å². The Morgan fingerprint density at radius 3 is 2.62 bits per heavy atom. The summed E-state index contributed by atoms with van der Waals surface area (Å²) < 4.78 is 0. The molecule has 2 saturated heterocycles. The summed E-state index contributed by atoms with van der Waals surface area (Å²) >= 11 is 0. The van der Waals surface area contributed by atoms with Gasteiger partial charge in [0.25, 0.3) is 0 Å². The van der Waals surface area contributed by atoms with Gasteiger partial charge in [0.1, 0.15) is 0 Å². The maximum absolute atomic E-state index is 9.68. The summed E-state index contributed by atoms with van der Waals surface area (Å²) in [7, 11) is 2.18. The van der Waals surface area contributed by atoms with Gasteiger partial charge in [-0.25, -0.2) is 0 Å². The molecule has 1 aromatic heterocycles. The standard InChI is InChI=1S/C15H25N5O/c1-18-5-7-19(8-6-18)9-13-10-20(11-14(13)12-21)15-3-2-4-16-17-15/h2-4,13-14,21H,5-12H2,1H3/t13-,14-/m1/s1. The van der Waals surface area contributed by atoms with Crippen molar-refractivity contribution in [3.8, 4) is 0 Å². The van der Waals surface area contributed by atoms with Crippen molar-refractivity contribution in [2.75, 3.05) is 64.4 Å². The minimum atomic E-state index is 0.259. The Balaban J connectivity index is 1.60. The first-order chi connectivity index (χ1) is 10.3. The van der Waals surface area contributed by atoms with Crippen LogP contribution in [0.25, 0.3) is 0 Å². The Bertz CT molecular complexity index is 435. The van der Waals surface area contributed by atoms with E-state index in [-0.39, 0.29) is 6.61 Å². The molecule has 2 fully saturated rings. The van der Waals surface area contributed by atoms with Gasteiger partial charge >= 0.3 is 0 Å². The maximum atomic E-state index is 9.68. The number of aliphatic hydroxyl groups is 1. The average molecular weight is 291 g/mol. The fourth-order valence-corrected chi connectivity index (χ4v) is 3.36. The summed E-state index contributed by atoms with van der Waals surface area (Å²) in [6.07, 6.45) is 1.70. The normalized spacial score (nSPS) is 28.2. The molecule has 0 aromatic carbocycles. The maximum Gasteiger partial charge on any atom is 0.151 e. The number of anilines is 1. The third-order valence-corrected chi connectivity index (χ3v) is 4.78. The number of rotatable bonds is 4. The number of piperazine rings is 1. The van der Waals surface area contributed by atoms with E-state index in [9.17, 15) is 5.11 Å². The lowest BCUT2D eigenvalue weighted by molar-refractivity contribution is 0.116. The van der Waals surface area contributed by atoms with Crippen LogP contribution in [0, 0.1) is 11.8 Å². The molecule has 2 aliphatic heterocycles. The van der Waals surface area contributed by atoms with E-state index in [0.29, 0.717) is 11.8 Å². The summed E-state index contributed by atoms with van der Waals surface area (Å²) in [6.45, 7) is 7.75. The van der Waals surface area contributed by atoms with Crippen molar-refractivity contribution >= 4 is 5.82 Å². The predicted molar refractivity (Wildman–Crippen MR) is 82.2 cm³/mol. The van der Waals surface area contributed by atoms with E-state index in [2.05, 4.69) is 31.9 Å². The van der Waals surface area contributed by atoms with Crippen LogP contribution in [0.3, 0.4) is 0 Å². The van der Waals surface area contributed by atoms with Crippen LogP contribution >= 0.6 is 0 Å². The Morgan fingerprint density at radius 2 is 1.95 bits per heavy atom. The molecule has 6 nitrogen and oxygen atoms in total. The van der Waals surface area contributed by atoms with Gasteiger partial charge in [0.15, 0.2) is 5.82 Å².